The summed E-state index contributed by atoms with van der Waals surface area (Å²) in [5.74, 6) is -1.38. The van der Waals surface area contributed by atoms with Gasteiger partial charge in [0.25, 0.3) is 4.93 Å². The van der Waals surface area contributed by atoms with E-state index in [2.05, 4.69) is 4.98 Å². The number of para-hydroxylation sites is 1. The lowest BCUT2D eigenvalue weighted by molar-refractivity contribution is -0.307. The van der Waals surface area contributed by atoms with Crippen molar-refractivity contribution in [1.29, 1.82) is 0 Å². The molecular formula is C16H15ClFNO8S. The summed E-state index contributed by atoms with van der Waals surface area (Å²) in [5.41, 5.74) is -0.919. The second-order valence-corrected chi connectivity index (χ2v) is 8.14. The van der Waals surface area contributed by atoms with Crippen LogP contribution >= 0.6 is 11.6 Å². The molecule has 0 bridgehead atoms. The third-order valence-corrected chi connectivity index (χ3v) is 5.95. The highest BCUT2D eigenvalue weighted by molar-refractivity contribution is 7.86. The maximum atomic E-state index is 14.3. The van der Waals surface area contributed by atoms with Crippen LogP contribution in [0.5, 0.6) is 5.75 Å². The van der Waals surface area contributed by atoms with Gasteiger partial charge in [0, 0.05) is 6.20 Å². The van der Waals surface area contributed by atoms with Crippen LogP contribution in [0.15, 0.2) is 48.7 Å². The number of pyridine rings is 1. The first kappa shape index (κ1) is 20.9. The standard InChI is InChI=1S/C16H15ClFNO8S/c17-15(22)11(20)12(21)16(28(23,24)25,10-7-4-8-19-13(10)18)27-14(15)26-9-5-2-1-3-6-9/h1-8,11-12,14,20-22H,(H,23,24,25)/t11-,12-,14+,15+,16?/m0/s1. The molecule has 2 heterocycles. The van der Waals surface area contributed by atoms with Gasteiger partial charge in [0.05, 0.1) is 5.56 Å². The molecule has 9 nitrogen and oxygen atoms in total. The fourth-order valence-electron chi connectivity index (χ4n) is 2.83. The molecule has 28 heavy (non-hydrogen) atoms. The SMILES string of the molecule is O=S(=O)(O)C1(c2cccnc2F)O[C@@H](Oc2ccccc2)[C@@](O)(Cl)[C@@H](O)[C@@H]1O. The summed E-state index contributed by atoms with van der Waals surface area (Å²) < 4.78 is 59.0. The molecule has 0 spiro atoms. The Morgan fingerprint density at radius 2 is 1.79 bits per heavy atom. The zero-order chi connectivity index (χ0) is 20.7. The van der Waals surface area contributed by atoms with Crippen molar-refractivity contribution in [1.82, 2.24) is 4.98 Å². The van der Waals surface area contributed by atoms with Gasteiger partial charge in [0.2, 0.25) is 17.3 Å². The number of hydrogen-bond donors (Lipinski definition) is 4. The zero-order valence-corrected chi connectivity index (χ0v) is 15.5. The summed E-state index contributed by atoms with van der Waals surface area (Å²) >= 11 is 5.85. The minimum Gasteiger partial charge on any atom is -0.460 e. The highest BCUT2D eigenvalue weighted by atomic mass is 35.5. The number of rotatable bonds is 4. The molecule has 1 unspecified atom stereocenters. The number of aromatic nitrogens is 1. The monoisotopic (exact) mass is 435 g/mol. The van der Waals surface area contributed by atoms with E-state index in [-0.39, 0.29) is 5.75 Å². The Kier molecular flexibility index (Phi) is 5.36. The van der Waals surface area contributed by atoms with Gasteiger partial charge in [-0.25, -0.2) is 4.98 Å². The number of alkyl halides is 1. The Morgan fingerprint density at radius 3 is 2.36 bits per heavy atom. The second-order valence-electron chi connectivity index (χ2n) is 5.98. The summed E-state index contributed by atoms with van der Waals surface area (Å²) in [6.45, 7) is 0. The summed E-state index contributed by atoms with van der Waals surface area (Å²) in [6.07, 6.45) is -6.23. The van der Waals surface area contributed by atoms with Crippen LogP contribution in [-0.2, 0) is 19.8 Å². The molecule has 1 aromatic heterocycles. The summed E-state index contributed by atoms with van der Waals surface area (Å²) in [5, 5.41) is 28.2. The molecule has 152 valence electrons. The van der Waals surface area contributed by atoms with Crippen molar-refractivity contribution >= 4 is 21.7 Å². The molecule has 3 rings (SSSR count). The lowest BCUT2D eigenvalue weighted by atomic mass is 9.93. The van der Waals surface area contributed by atoms with Gasteiger partial charge in [-0.05, 0) is 24.3 Å². The molecule has 0 radical (unpaired) electrons. The smallest absolute Gasteiger partial charge is 0.302 e. The Balaban J connectivity index is 2.18. The van der Waals surface area contributed by atoms with Crippen molar-refractivity contribution in [3.63, 3.8) is 0 Å². The maximum absolute atomic E-state index is 14.3. The number of nitrogens with zero attached hydrogens (tertiary/aromatic N) is 1. The third kappa shape index (κ3) is 3.24. The van der Waals surface area contributed by atoms with Crippen molar-refractivity contribution in [3.05, 3.63) is 60.2 Å². The molecule has 1 saturated heterocycles. The van der Waals surface area contributed by atoms with Gasteiger partial charge < -0.3 is 24.8 Å². The predicted octanol–water partition coefficient (Wildman–Crippen LogP) is 0.346. The zero-order valence-electron chi connectivity index (χ0n) is 13.9. The van der Waals surface area contributed by atoms with Crippen LogP contribution in [0, 0.1) is 5.95 Å². The topological polar surface area (TPSA) is 146 Å². The van der Waals surface area contributed by atoms with E-state index in [1.807, 2.05) is 0 Å². The van der Waals surface area contributed by atoms with Crippen LogP contribution in [0.3, 0.4) is 0 Å². The summed E-state index contributed by atoms with van der Waals surface area (Å²) in [4.78, 5) is -0.0199. The first-order valence-electron chi connectivity index (χ1n) is 7.76. The van der Waals surface area contributed by atoms with E-state index >= 15 is 0 Å². The van der Waals surface area contributed by atoms with E-state index in [1.165, 1.54) is 24.3 Å². The van der Waals surface area contributed by atoms with Crippen molar-refractivity contribution < 1.29 is 42.2 Å². The quantitative estimate of drug-likeness (QED) is 0.303. The molecule has 1 aliphatic rings. The van der Waals surface area contributed by atoms with Gasteiger partial charge in [0.1, 0.15) is 18.0 Å². The highest BCUT2D eigenvalue weighted by Crippen LogP contribution is 2.47. The number of ether oxygens (including phenoxy) is 2. The van der Waals surface area contributed by atoms with Crippen molar-refractivity contribution in [2.45, 2.75) is 28.5 Å². The van der Waals surface area contributed by atoms with Crippen molar-refractivity contribution in [2.24, 2.45) is 0 Å². The van der Waals surface area contributed by atoms with Gasteiger partial charge in [-0.15, -0.1) is 0 Å². The van der Waals surface area contributed by atoms with Crippen LogP contribution in [0.1, 0.15) is 5.56 Å². The van der Waals surface area contributed by atoms with Crippen molar-refractivity contribution in [2.75, 3.05) is 0 Å². The first-order chi connectivity index (χ1) is 13.0. The van der Waals surface area contributed by atoms with Crippen LogP contribution in [-0.4, -0.2) is 56.8 Å². The van der Waals surface area contributed by atoms with Gasteiger partial charge in [-0.3, -0.25) is 4.55 Å². The lowest BCUT2D eigenvalue weighted by Gasteiger charge is -2.49. The minimum atomic E-state index is -5.48. The number of aliphatic hydroxyl groups is 3. The number of hydrogen-bond acceptors (Lipinski definition) is 8. The molecular weight excluding hydrogens is 421 g/mol. The van der Waals surface area contributed by atoms with E-state index in [0.29, 0.717) is 0 Å². The molecule has 0 saturated carbocycles. The Labute approximate surface area is 163 Å². The number of benzene rings is 1. The Morgan fingerprint density at radius 1 is 1.14 bits per heavy atom. The first-order valence-corrected chi connectivity index (χ1v) is 9.58. The second kappa shape index (κ2) is 7.19. The van der Waals surface area contributed by atoms with Crippen LogP contribution < -0.4 is 4.74 Å². The fraction of sp³-hybridized carbons (Fsp3) is 0.312. The minimum absolute atomic E-state index is 0.0334. The molecule has 1 aromatic carbocycles. The largest absolute Gasteiger partial charge is 0.460 e. The third-order valence-electron chi connectivity index (χ3n) is 4.22. The average molecular weight is 436 g/mol. The molecule has 12 heteroatoms. The predicted molar refractivity (Wildman–Crippen MR) is 92.2 cm³/mol. The van der Waals surface area contributed by atoms with E-state index in [4.69, 9.17) is 21.1 Å². The normalized spacial score (nSPS) is 33.4. The molecule has 2 aromatic rings. The summed E-state index contributed by atoms with van der Waals surface area (Å²) in [6, 6.07) is 9.47. The average Bonchev–Trinajstić information content (AvgIpc) is 2.63. The van der Waals surface area contributed by atoms with E-state index in [9.17, 15) is 32.7 Å². The fourth-order valence-corrected chi connectivity index (χ4v) is 4.11. The van der Waals surface area contributed by atoms with Gasteiger partial charge in [-0.1, -0.05) is 29.8 Å². The molecule has 0 aliphatic carbocycles. The Hall–Kier alpha value is -1.86. The number of halogens is 2. The lowest BCUT2D eigenvalue weighted by Crippen LogP contribution is -2.70. The van der Waals surface area contributed by atoms with Gasteiger partial charge in [0.15, 0.2) is 0 Å². The van der Waals surface area contributed by atoms with Gasteiger partial charge >= 0.3 is 10.1 Å². The molecule has 5 atom stereocenters. The number of aliphatic hydroxyl groups excluding tert-OH is 2. The molecule has 0 amide bonds. The summed E-state index contributed by atoms with van der Waals surface area (Å²) in [7, 11) is -5.48. The van der Waals surface area contributed by atoms with Crippen LogP contribution in [0.2, 0.25) is 0 Å². The molecule has 1 aliphatic heterocycles. The molecule has 4 N–H and O–H groups in total. The van der Waals surface area contributed by atoms with Crippen LogP contribution in [0.4, 0.5) is 4.39 Å². The van der Waals surface area contributed by atoms with E-state index < -0.39 is 50.1 Å². The van der Waals surface area contributed by atoms with Crippen LogP contribution in [0.25, 0.3) is 0 Å². The molecule has 1 fully saturated rings. The van der Waals surface area contributed by atoms with E-state index in [1.54, 1.807) is 6.07 Å². The van der Waals surface area contributed by atoms with Gasteiger partial charge in [-0.2, -0.15) is 12.8 Å². The Bertz CT molecular complexity index is 960. The highest BCUT2D eigenvalue weighted by Gasteiger charge is 2.68. The van der Waals surface area contributed by atoms with E-state index in [0.717, 1.165) is 18.3 Å². The van der Waals surface area contributed by atoms with Crippen molar-refractivity contribution in [3.8, 4) is 5.75 Å². The maximum Gasteiger partial charge on any atom is 0.302 e.